The van der Waals surface area contributed by atoms with Crippen molar-refractivity contribution in [2.45, 2.75) is 44.2 Å². The van der Waals surface area contributed by atoms with Crippen LogP contribution in [0.2, 0.25) is 5.02 Å². The average Bonchev–Trinajstić information content (AvgIpc) is 3.23. The number of esters is 1. The number of rotatable bonds is 5. The molecule has 1 aromatic rings. The number of halogens is 2. The van der Waals surface area contributed by atoms with Gasteiger partial charge in [-0.05, 0) is 37.5 Å². The molecule has 1 atom stereocenters. The van der Waals surface area contributed by atoms with Crippen molar-refractivity contribution >= 4 is 33.3 Å². The lowest BCUT2D eigenvalue weighted by atomic mass is 10.1. The van der Waals surface area contributed by atoms with Crippen LogP contribution in [0.15, 0.2) is 18.2 Å². The first-order valence-corrected chi connectivity index (χ1v) is 11.1. The number of hydrogen-bond acceptors (Lipinski definition) is 5. The van der Waals surface area contributed by atoms with Crippen molar-refractivity contribution in [3.05, 3.63) is 34.6 Å². The zero-order chi connectivity index (χ0) is 19.6. The number of benzene rings is 1. The first kappa shape index (κ1) is 20.1. The van der Waals surface area contributed by atoms with Gasteiger partial charge in [-0.25, -0.2) is 17.6 Å². The monoisotopic (exact) mass is 417 g/mol. The largest absolute Gasteiger partial charge is 0.452 e. The molecule has 6 nitrogen and oxygen atoms in total. The molecule has 1 aliphatic carbocycles. The van der Waals surface area contributed by atoms with Crippen molar-refractivity contribution in [2.75, 3.05) is 18.1 Å². The molecule has 3 rings (SSSR count). The molecule has 1 aliphatic heterocycles. The number of carbonyl (C=O) groups excluding carboxylic acids is 2. The van der Waals surface area contributed by atoms with Crippen LogP contribution >= 0.6 is 11.6 Å². The Hall–Kier alpha value is -1.67. The maximum Gasteiger partial charge on any atom is 0.340 e. The summed E-state index contributed by atoms with van der Waals surface area (Å²) in [7, 11) is -3.14. The van der Waals surface area contributed by atoms with Gasteiger partial charge in [-0.1, -0.05) is 24.4 Å². The number of amides is 1. The second-order valence-electron chi connectivity index (χ2n) is 7.00. The Balaban J connectivity index is 1.68. The van der Waals surface area contributed by atoms with Gasteiger partial charge in [0, 0.05) is 12.1 Å². The second kappa shape index (κ2) is 8.14. The lowest BCUT2D eigenvalue weighted by Crippen LogP contribution is -2.48. The minimum atomic E-state index is -3.14. The van der Waals surface area contributed by atoms with Gasteiger partial charge < -0.3 is 9.64 Å². The van der Waals surface area contributed by atoms with E-state index < -0.39 is 34.1 Å². The van der Waals surface area contributed by atoms with Crippen molar-refractivity contribution in [3.8, 4) is 0 Å². The molecular formula is C18H21ClFNO5S. The minimum Gasteiger partial charge on any atom is -0.452 e. The minimum absolute atomic E-state index is 0.0242. The predicted octanol–water partition coefficient (Wildman–Crippen LogP) is 2.59. The van der Waals surface area contributed by atoms with Crippen LogP contribution in [0.1, 0.15) is 42.5 Å². The Morgan fingerprint density at radius 1 is 1.19 bits per heavy atom. The van der Waals surface area contributed by atoms with E-state index in [4.69, 9.17) is 16.3 Å². The van der Waals surface area contributed by atoms with E-state index in [9.17, 15) is 22.4 Å². The van der Waals surface area contributed by atoms with Crippen LogP contribution in [0, 0.1) is 5.82 Å². The molecule has 0 N–H and O–H groups in total. The molecule has 0 radical (unpaired) electrons. The number of nitrogens with zero attached hydrogens (tertiary/aromatic N) is 1. The second-order valence-corrected chi connectivity index (χ2v) is 9.63. The van der Waals surface area contributed by atoms with Crippen molar-refractivity contribution in [1.82, 2.24) is 4.90 Å². The zero-order valence-corrected chi connectivity index (χ0v) is 16.3. The van der Waals surface area contributed by atoms with Crippen molar-refractivity contribution in [3.63, 3.8) is 0 Å². The van der Waals surface area contributed by atoms with Gasteiger partial charge in [0.1, 0.15) is 5.82 Å². The number of sulfone groups is 1. The van der Waals surface area contributed by atoms with E-state index in [-0.39, 0.29) is 34.2 Å². The molecule has 2 aliphatic rings. The first-order valence-electron chi connectivity index (χ1n) is 8.90. The smallest absolute Gasteiger partial charge is 0.340 e. The van der Waals surface area contributed by atoms with E-state index in [0.29, 0.717) is 6.42 Å². The highest BCUT2D eigenvalue weighted by molar-refractivity contribution is 7.91. The Kier molecular flexibility index (Phi) is 6.05. The summed E-state index contributed by atoms with van der Waals surface area (Å²) in [5.74, 6) is -1.79. The third kappa shape index (κ3) is 4.79. The van der Waals surface area contributed by atoms with Gasteiger partial charge in [0.2, 0.25) is 0 Å². The summed E-state index contributed by atoms with van der Waals surface area (Å²) < 4.78 is 41.8. The Morgan fingerprint density at radius 2 is 1.89 bits per heavy atom. The first-order chi connectivity index (χ1) is 12.8. The van der Waals surface area contributed by atoms with E-state index in [2.05, 4.69) is 0 Å². The van der Waals surface area contributed by atoms with Gasteiger partial charge >= 0.3 is 5.97 Å². The third-order valence-electron chi connectivity index (χ3n) is 5.09. The molecule has 0 bridgehead atoms. The summed E-state index contributed by atoms with van der Waals surface area (Å²) in [5.41, 5.74) is -0.0262. The molecule has 1 unspecified atom stereocenters. The van der Waals surface area contributed by atoms with Gasteiger partial charge in [-0.15, -0.1) is 0 Å². The highest BCUT2D eigenvalue weighted by atomic mass is 35.5. The van der Waals surface area contributed by atoms with E-state index in [1.165, 1.54) is 6.07 Å². The number of carbonyl (C=O) groups is 2. The Bertz CT molecular complexity index is 838. The van der Waals surface area contributed by atoms with Gasteiger partial charge in [0.25, 0.3) is 5.91 Å². The van der Waals surface area contributed by atoms with Crippen LogP contribution in [0.3, 0.4) is 0 Å². The lowest BCUT2D eigenvalue weighted by Gasteiger charge is -2.33. The van der Waals surface area contributed by atoms with E-state index in [1.54, 1.807) is 4.90 Å². The van der Waals surface area contributed by atoms with Gasteiger partial charge in [0.05, 0.1) is 22.1 Å². The summed E-state index contributed by atoms with van der Waals surface area (Å²) in [6.45, 7) is -0.500. The standard InChI is InChI=1S/C18H21ClFNO5S/c19-16-9-12(20)5-6-15(16)18(23)26-10-17(22)21(13-3-1-2-4-13)14-7-8-27(24,25)11-14/h5-6,9,13-14H,1-4,7-8,10-11H2. The molecule has 1 saturated carbocycles. The fraction of sp³-hybridized carbons (Fsp3) is 0.556. The van der Waals surface area contributed by atoms with Crippen molar-refractivity contribution in [1.29, 1.82) is 0 Å². The normalized spacial score (nSPS) is 21.9. The van der Waals surface area contributed by atoms with Crippen LogP contribution in [0.4, 0.5) is 4.39 Å². The van der Waals surface area contributed by atoms with Crippen LogP contribution in [-0.2, 0) is 19.4 Å². The summed E-state index contributed by atoms with van der Waals surface area (Å²) >= 11 is 5.84. The van der Waals surface area contributed by atoms with Gasteiger partial charge in [0.15, 0.2) is 16.4 Å². The van der Waals surface area contributed by atoms with Crippen LogP contribution in [0.25, 0.3) is 0 Å². The molecular weight excluding hydrogens is 397 g/mol. The Labute approximate surface area is 162 Å². The SMILES string of the molecule is O=C(OCC(=O)N(C1CCCC1)C1CCS(=O)(=O)C1)c1ccc(F)cc1Cl. The maximum atomic E-state index is 13.1. The molecule has 1 aromatic carbocycles. The molecule has 0 spiro atoms. The maximum absolute atomic E-state index is 13.1. The Morgan fingerprint density at radius 3 is 2.48 bits per heavy atom. The average molecular weight is 418 g/mol. The lowest BCUT2D eigenvalue weighted by molar-refractivity contribution is -0.139. The molecule has 0 aromatic heterocycles. The van der Waals surface area contributed by atoms with Crippen LogP contribution in [-0.4, -0.2) is 55.4 Å². The van der Waals surface area contributed by atoms with Crippen molar-refractivity contribution < 1.29 is 27.1 Å². The predicted molar refractivity (Wildman–Crippen MR) is 97.9 cm³/mol. The van der Waals surface area contributed by atoms with Gasteiger partial charge in [-0.3, -0.25) is 4.79 Å². The third-order valence-corrected chi connectivity index (χ3v) is 7.15. The molecule has 27 heavy (non-hydrogen) atoms. The molecule has 9 heteroatoms. The number of hydrogen-bond donors (Lipinski definition) is 0. The van der Waals surface area contributed by atoms with E-state index in [1.807, 2.05) is 0 Å². The summed E-state index contributed by atoms with van der Waals surface area (Å²) in [6, 6.07) is 2.87. The molecule has 1 saturated heterocycles. The molecule has 1 heterocycles. The van der Waals surface area contributed by atoms with Crippen molar-refractivity contribution in [2.24, 2.45) is 0 Å². The number of ether oxygens (including phenoxy) is 1. The fourth-order valence-electron chi connectivity index (χ4n) is 3.82. The molecule has 2 fully saturated rings. The summed E-state index contributed by atoms with van der Waals surface area (Å²) in [4.78, 5) is 26.5. The fourth-order valence-corrected chi connectivity index (χ4v) is 5.77. The highest BCUT2D eigenvalue weighted by Crippen LogP contribution is 2.29. The van der Waals surface area contributed by atoms with Crippen LogP contribution in [0.5, 0.6) is 0 Å². The quantitative estimate of drug-likeness (QED) is 0.688. The van der Waals surface area contributed by atoms with E-state index in [0.717, 1.165) is 37.8 Å². The topological polar surface area (TPSA) is 80.8 Å². The highest BCUT2D eigenvalue weighted by Gasteiger charge is 2.39. The zero-order valence-electron chi connectivity index (χ0n) is 14.7. The summed E-state index contributed by atoms with van der Waals surface area (Å²) in [5, 5.41) is -0.0954. The van der Waals surface area contributed by atoms with Gasteiger partial charge in [-0.2, -0.15) is 0 Å². The van der Waals surface area contributed by atoms with E-state index >= 15 is 0 Å². The molecule has 148 valence electrons. The molecule has 1 amide bonds. The summed E-state index contributed by atoms with van der Waals surface area (Å²) in [6.07, 6.45) is 4.01. The van der Waals surface area contributed by atoms with Crippen LogP contribution < -0.4 is 0 Å².